The van der Waals surface area contributed by atoms with Crippen LogP contribution in [-0.4, -0.2) is 35.5 Å². The van der Waals surface area contributed by atoms with Crippen LogP contribution in [0.1, 0.15) is 13.8 Å². The molecule has 3 N–H and O–H groups in total. The molecule has 16 heavy (non-hydrogen) atoms. The normalized spacial score (nSPS) is 9.88. The second kappa shape index (κ2) is 5.89. The Balaban J connectivity index is 2.70. The van der Waals surface area contributed by atoms with Crippen LogP contribution < -0.4 is 16.0 Å². The lowest BCUT2D eigenvalue weighted by Crippen LogP contribution is -2.38. The van der Waals surface area contributed by atoms with Gasteiger partial charge in [0.15, 0.2) is 0 Å². The first kappa shape index (κ1) is 12.2. The quantitative estimate of drug-likeness (QED) is 0.735. The zero-order valence-corrected chi connectivity index (χ0v) is 9.60. The molecule has 1 amide bonds. The molecule has 88 valence electrons. The maximum atomic E-state index is 11.4. The van der Waals surface area contributed by atoms with E-state index in [9.17, 15) is 4.79 Å². The van der Waals surface area contributed by atoms with E-state index in [1.54, 1.807) is 17.2 Å². The minimum atomic E-state index is -0.0459. The predicted octanol–water partition coefficient (Wildman–Crippen LogP) is 0.0212. The molecule has 1 aromatic rings. The number of amides is 1. The summed E-state index contributed by atoms with van der Waals surface area (Å²) in [5.41, 5.74) is 5.56. The Morgan fingerprint density at radius 2 is 2.31 bits per heavy atom. The Kier molecular flexibility index (Phi) is 4.50. The Bertz CT molecular complexity index is 355. The van der Waals surface area contributed by atoms with Crippen LogP contribution in [0, 0.1) is 0 Å². The highest BCUT2D eigenvalue weighted by atomic mass is 16.2. The average molecular weight is 223 g/mol. The van der Waals surface area contributed by atoms with Crippen LogP contribution >= 0.6 is 0 Å². The zero-order chi connectivity index (χ0) is 12.0. The van der Waals surface area contributed by atoms with Gasteiger partial charge in [0, 0.05) is 19.3 Å². The number of carbonyl (C=O) groups excluding carboxylic acids is 1. The molecule has 6 heteroatoms. The van der Waals surface area contributed by atoms with E-state index in [0.29, 0.717) is 24.9 Å². The van der Waals surface area contributed by atoms with Gasteiger partial charge in [-0.15, -0.1) is 0 Å². The lowest BCUT2D eigenvalue weighted by atomic mass is 10.4. The molecule has 1 rings (SSSR count). The number of aromatic nitrogens is 2. The summed E-state index contributed by atoms with van der Waals surface area (Å²) in [5.74, 6) is 0.837. The summed E-state index contributed by atoms with van der Waals surface area (Å²) in [6.07, 6.45) is 1.58. The molecule has 6 nitrogen and oxygen atoms in total. The molecule has 0 saturated heterocycles. The molecule has 1 heterocycles. The van der Waals surface area contributed by atoms with Crippen LogP contribution in [0.4, 0.5) is 11.8 Å². The summed E-state index contributed by atoms with van der Waals surface area (Å²) in [4.78, 5) is 21.3. The minimum Gasteiger partial charge on any atom is -0.384 e. The highest BCUT2D eigenvalue weighted by Crippen LogP contribution is 2.07. The fraction of sp³-hybridized carbons (Fsp3) is 0.500. The molecule has 0 bridgehead atoms. The van der Waals surface area contributed by atoms with Gasteiger partial charge in [0.1, 0.15) is 5.82 Å². The van der Waals surface area contributed by atoms with Gasteiger partial charge in [-0.2, -0.15) is 4.98 Å². The molecule has 0 aromatic carbocycles. The monoisotopic (exact) mass is 223 g/mol. The zero-order valence-electron chi connectivity index (χ0n) is 9.60. The highest BCUT2D eigenvalue weighted by molar-refractivity contribution is 5.80. The molecular formula is C10H17N5O. The van der Waals surface area contributed by atoms with Gasteiger partial charge in [-0.1, -0.05) is 0 Å². The van der Waals surface area contributed by atoms with Crippen LogP contribution in [0.15, 0.2) is 12.3 Å². The lowest BCUT2D eigenvalue weighted by Gasteiger charge is -2.19. The first-order chi connectivity index (χ1) is 7.67. The number of carbonyl (C=O) groups is 1. The fourth-order valence-electron chi connectivity index (χ4n) is 1.26. The number of nitrogens with one attached hydrogen (secondary N) is 1. The van der Waals surface area contributed by atoms with Crippen molar-refractivity contribution < 1.29 is 4.79 Å². The summed E-state index contributed by atoms with van der Waals surface area (Å²) in [7, 11) is 0. The second-order valence-electron chi connectivity index (χ2n) is 3.25. The van der Waals surface area contributed by atoms with Crippen molar-refractivity contribution in [1.82, 2.24) is 15.3 Å². The van der Waals surface area contributed by atoms with E-state index in [1.807, 2.05) is 13.8 Å². The van der Waals surface area contributed by atoms with Crippen LogP contribution in [-0.2, 0) is 4.79 Å². The Morgan fingerprint density at radius 3 is 2.88 bits per heavy atom. The van der Waals surface area contributed by atoms with E-state index in [2.05, 4.69) is 15.3 Å². The van der Waals surface area contributed by atoms with E-state index in [0.717, 1.165) is 0 Å². The van der Waals surface area contributed by atoms with Crippen molar-refractivity contribution in [3.05, 3.63) is 12.3 Å². The molecule has 0 aliphatic rings. The molecular weight excluding hydrogens is 206 g/mol. The molecule has 0 unspecified atom stereocenters. The van der Waals surface area contributed by atoms with Gasteiger partial charge < -0.3 is 16.0 Å². The Labute approximate surface area is 94.9 Å². The number of likely N-dealkylation sites (N-methyl/N-ethyl adjacent to an activating group) is 2. The predicted molar refractivity (Wildman–Crippen MR) is 63.0 cm³/mol. The van der Waals surface area contributed by atoms with Gasteiger partial charge >= 0.3 is 0 Å². The summed E-state index contributed by atoms with van der Waals surface area (Å²) in [5, 5.41) is 2.73. The van der Waals surface area contributed by atoms with Crippen LogP contribution in [0.25, 0.3) is 0 Å². The van der Waals surface area contributed by atoms with Crippen molar-refractivity contribution >= 4 is 17.7 Å². The largest absolute Gasteiger partial charge is 0.384 e. The van der Waals surface area contributed by atoms with Crippen LogP contribution in [0.2, 0.25) is 0 Å². The van der Waals surface area contributed by atoms with E-state index < -0.39 is 0 Å². The molecule has 0 saturated carbocycles. The summed E-state index contributed by atoms with van der Waals surface area (Å²) in [6.45, 7) is 5.33. The average Bonchev–Trinajstić information content (AvgIpc) is 2.26. The van der Waals surface area contributed by atoms with Gasteiger partial charge in [0.25, 0.3) is 0 Å². The lowest BCUT2D eigenvalue weighted by molar-refractivity contribution is -0.119. The third kappa shape index (κ3) is 3.38. The third-order valence-corrected chi connectivity index (χ3v) is 2.04. The maximum absolute atomic E-state index is 11.4. The molecule has 0 atom stereocenters. The van der Waals surface area contributed by atoms with Crippen molar-refractivity contribution in [2.75, 3.05) is 30.3 Å². The van der Waals surface area contributed by atoms with Crippen molar-refractivity contribution in [3.8, 4) is 0 Å². The Hall–Kier alpha value is -1.85. The maximum Gasteiger partial charge on any atom is 0.239 e. The number of hydrogen-bond donors (Lipinski definition) is 2. The topological polar surface area (TPSA) is 84.1 Å². The van der Waals surface area contributed by atoms with Gasteiger partial charge in [-0.3, -0.25) is 4.79 Å². The Morgan fingerprint density at radius 1 is 1.56 bits per heavy atom. The van der Waals surface area contributed by atoms with E-state index in [4.69, 9.17) is 5.73 Å². The molecule has 0 radical (unpaired) electrons. The minimum absolute atomic E-state index is 0.0459. The smallest absolute Gasteiger partial charge is 0.239 e. The molecule has 0 aliphatic heterocycles. The van der Waals surface area contributed by atoms with E-state index in [-0.39, 0.29) is 12.5 Å². The van der Waals surface area contributed by atoms with Gasteiger partial charge in [-0.05, 0) is 19.9 Å². The number of nitrogens with two attached hydrogens (primary N) is 1. The van der Waals surface area contributed by atoms with Gasteiger partial charge in [0.05, 0.1) is 6.54 Å². The van der Waals surface area contributed by atoms with Crippen molar-refractivity contribution in [2.45, 2.75) is 13.8 Å². The van der Waals surface area contributed by atoms with E-state index >= 15 is 0 Å². The third-order valence-electron chi connectivity index (χ3n) is 2.04. The van der Waals surface area contributed by atoms with Crippen molar-refractivity contribution in [1.29, 1.82) is 0 Å². The van der Waals surface area contributed by atoms with Crippen molar-refractivity contribution in [3.63, 3.8) is 0 Å². The van der Waals surface area contributed by atoms with Gasteiger partial charge in [-0.25, -0.2) is 4.98 Å². The number of rotatable bonds is 5. The van der Waals surface area contributed by atoms with Crippen LogP contribution in [0.3, 0.4) is 0 Å². The first-order valence-electron chi connectivity index (χ1n) is 5.27. The van der Waals surface area contributed by atoms with Crippen LogP contribution in [0.5, 0.6) is 0 Å². The van der Waals surface area contributed by atoms with E-state index in [1.165, 1.54) is 0 Å². The van der Waals surface area contributed by atoms with Gasteiger partial charge in [0.2, 0.25) is 11.9 Å². The molecule has 0 fully saturated rings. The summed E-state index contributed by atoms with van der Waals surface area (Å²) in [6, 6.07) is 1.61. The number of nitrogens with zero attached hydrogens (tertiary/aromatic N) is 3. The molecule has 1 aromatic heterocycles. The second-order valence-corrected chi connectivity index (χ2v) is 3.25. The SMILES string of the molecule is CCNC(=O)CN(CC)c1nccc(N)n1. The number of hydrogen-bond acceptors (Lipinski definition) is 5. The standard InChI is InChI=1S/C10H17N5O/c1-3-12-9(16)7-15(4-2)10-13-6-5-8(11)14-10/h5-6H,3-4,7H2,1-2H3,(H,12,16)(H2,11,13,14). The fourth-order valence-corrected chi connectivity index (χ4v) is 1.26. The highest BCUT2D eigenvalue weighted by Gasteiger charge is 2.11. The first-order valence-corrected chi connectivity index (χ1v) is 5.27. The van der Waals surface area contributed by atoms with Crippen molar-refractivity contribution in [2.24, 2.45) is 0 Å². The number of anilines is 2. The number of nitrogen functional groups attached to an aromatic ring is 1. The molecule has 0 spiro atoms. The summed E-state index contributed by atoms with van der Waals surface area (Å²) >= 11 is 0. The molecule has 0 aliphatic carbocycles. The summed E-state index contributed by atoms with van der Waals surface area (Å²) < 4.78 is 0.